The molecular weight excluding hydrogens is 408 g/mol. The zero-order valence-electron chi connectivity index (χ0n) is 13.1. The van der Waals surface area contributed by atoms with Gasteiger partial charge in [0.05, 0.1) is 4.91 Å². The molecule has 1 fully saturated rings. The Morgan fingerprint density at radius 2 is 2.20 bits per heavy atom. The summed E-state index contributed by atoms with van der Waals surface area (Å²) in [4.78, 5) is 29.0. The van der Waals surface area contributed by atoms with Crippen molar-refractivity contribution in [3.63, 3.8) is 0 Å². The fraction of sp³-hybridized carbons (Fsp3) is 0.118. The molecule has 1 aromatic carbocycles. The fourth-order valence-electron chi connectivity index (χ4n) is 2.12. The molecule has 0 saturated carbocycles. The van der Waals surface area contributed by atoms with Crippen LogP contribution < -0.4 is 4.74 Å². The predicted octanol–water partition coefficient (Wildman–Crippen LogP) is 3.79. The van der Waals surface area contributed by atoms with Gasteiger partial charge in [-0.3, -0.25) is 19.5 Å². The molecule has 1 aliphatic rings. The number of carbonyl (C=O) groups is 2. The molecule has 1 saturated heterocycles. The Bertz CT molecular complexity index is 870. The molecule has 2 aromatic rings. The average Bonchev–Trinajstić information content (AvgIpc) is 2.84. The molecule has 3 rings (SSSR count). The molecule has 128 valence electrons. The Morgan fingerprint density at radius 1 is 1.40 bits per heavy atom. The third-order valence-corrected chi connectivity index (χ3v) is 5.12. The number of pyridine rings is 1. The number of imide groups is 1. The standard InChI is InChI=1S/C17H13BrN2O4S/c1-20-16(22)15(25-17(20)23)6-11-5-14(13(21)7-12(11)18)24-9-10-3-2-4-19-8-10/h2-8,21H,9H2,1H3/b15-6-. The first-order valence-corrected chi connectivity index (χ1v) is 8.82. The van der Waals surface area contributed by atoms with Crippen molar-refractivity contribution < 1.29 is 19.4 Å². The summed E-state index contributed by atoms with van der Waals surface area (Å²) < 4.78 is 6.23. The number of phenols is 1. The number of benzene rings is 1. The summed E-state index contributed by atoms with van der Waals surface area (Å²) >= 11 is 4.22. The number of aromatic nitrogens is 1. The van der Waals surface area contributed by atoms with E-state index in [1.165, 1.54) is 13.1 Å². The molecule has 2 amide bonds. The Morgan fingerprint density at radius 3 is 2.84 bits per heavy atom. The first-order valence-electron chi connectivity index (χ1n) is 7.21. The van der Waals surface area contributed by atoms with Crippen molar-refractivity contribution in [2.24, 2.45) is 0 Å². The number of nitrogens with zero attached hydrogens (tertiary/aromatic N) is 2. The van der Waals surface area contributed by atoms with Gasteiger partial charge in [-0.1, -0.05) is 22.0 Å². The maximum atomic E-state index is 12.0. The van der Waals surface area contributed by atoms with Crippen molar-refractivity contribution in [2.75, 3.05) is 7.05 Å². The van der Waals surface area contributed by atoms with Crippen LogP contribution in [0.25, 0.3) is 6.08 Å². The number of hydrogen-bond acceptors (Lipinski definition) is 6. The Hall–Kier alpha value is -2.32. The van der Waals surface area contributed by atoms with Crippen LogP contribution in [0.15, 0.2) is 46.0 Å². The molecule has 0 unspecified atom stereocenters. The van der Waals surface area contributed by atoms with Gasteiger partial charge in [-0.25, -0.2) is 0 Å². The smallest absolute Gasteiger partial charge is 0.293 e. The van der Waals surface area contributed by atoms with E-state index in [-0.39, 0.29) is 29.3 Å². The van der Waals surface area contributed by atoms with E-state index in [2.05, 4.69) is 20.9 Å². The van der Waals surface area contributed by atoms with Gasteiger partial charge in [0.15, 0.2) is 11.5 Å². The number of amides is 2. The summed E-state index contributed by atoms with van der Waals surface area (Å²) in [6.45, 7) is 0.244. The number of likely N-dealkylation sites (N-methyl/N-ethyl adjacent to an activating group) is 1. The Kier molecular flexibility index (Phi) is 5.10. The molecule has 0 spiro atoms. The molecule has 25 heavy (non-hydrogen) atoms. The minimum atomic E-state index is -0.354. The highest BCUT2D eigenvalue weighted by Gasteiger charge is 2.32. The minimum absolute atomic E-state index is 0.0310. The molecule has 0 atom stereocenters. The van der Waals surface area contributed by atoms with Crippen molar-refractivity contribution >= 4 is 44.9 Å². The third-order valence-electron chi connectivity index (χ3n) is 3.47. The van der Waals surface area contributed by atoms with Gasteiger partial charge in [-0.15, -0.1) is 0 Å². The first-order chi connectivity index (χ1) is 12.0. The Balaban J connectivity index is 1.86. The van der Waals surface area contributed by atoms with E-state index in [1.807, 2.05) is 6.07 Å². The summed E-state index contributed by atoms with van der Waals surface area (Å²) in [7, 11) is 1.44. The lowest BCUT2D eigenvalue weighted by Crippen LogP contribution is -2.22. The van der Waals surface area contributed by atoms with Crippen LogP contribution in [0, 0.1) is 0 Å². The fourth-order valence-corrected chi connectivity index (χ4v) is 3.38. The van der Waals surface area contributed by atoms with Crippen LogP contribution in [0.4, 0.5) is 4.79 Å². The summed E-state index contributed by atoms with van der Waals surface area (Å²) in [6, 6.07) is 6.76. The first kappa shape index (κ1) is 17.5. The van der Waals surface area contributed by atoms with Gasteiger partial charge in [0.2, 0.25) is 0 Å². The molecule has 8 heteroatoms. The summed E-state index contributed by atoms with van der Waals surface area (Å²) in [5, 5.41) is 9.74. The second-order valence-electron chi connectivity index (χ2n) is 5.23. The number of hydrogen-bond donors (Lipinski definition) is 1. The van der Waals surface area contributed by atoms with Crippen LogP contribution in [-0.4, -0.2) is 33.2 Å². The molecule has 6 nitrogen and oxygen atoms in total. The highest BCUT2D eigenvalue weighted by atomic mass is 79.9. The number of rotatable bonds is 4. The largest absolute Gasteiger partial charge is 0.504 e. The zero-order valence-corrected chi connectivity index (χ0v) is 15.5. The quantitative estimate of drug-likeness (QED) is 0.757. The highest BCUT2D eigenvalue weighted by molar-refractivity contribution is 9.10. The van der Waals surface area contributed by atoms with Crippen LogP contribution in [0.2, 0.25) is 0 Å². The second kappa shape index (κ2) is 7.28. The van der Waals surface area contributed by atoms with E-state index < -0.39 is 0 Å². The van der Waals surface area contributed by atoms with Crippen LogP contribution in [0.5, 0.6) is 11.5 Å². The van der Waals surface area contributed by atoms with Gasteiger partial charge < -0.3 is 9.84 Å². The van der Waals surface area contributed by atoms with E-state index in [4.69, 9.17) is 4.74 Å². The lowest BCUT2D eigenvalue weighted by atomic mass is 10.2. The number of halogens is 1. The van der Waals surface area contributed by atoms with Gasteiger partial charge in [-0.05, 0) is 41.6 Å². The van der Waals surface area contributed by atoms with E-state index in [1.54, 1.807) is 30.6 Å². The lowest BCUT2D eigenvalue weighted by Gasteiger charge is -2.10. The van der Waals surface area contributed by atoms with E-state index in [0.717, 1.165) is 22.2 Å². The van der Waals surface area contributed by atoms with E-state index in [0.29, 0.717) is 14.9 Å². The van der Waals surface area contributed by atoms with E-state index >= 15 is 0 Å². The number of carbonyl (C=O) groups excluding carboxylic acids is 2. The van der Waals surface area contributed by atoms with E-state index in [9.17, 15) is 14.7 Å². The topological polar surface area (TPSA) is 79.7 Å². The van der Waals surface area contributed by atoms with Gasteiger partial charge in [0.25, 0.3) is 11.1 Å². The molecular formula is C17H13BrN2O4S. The van der Waals surface area contributed by atoms with Crippen LogP contribution in [0.1, 0.15) is 11.1 Å². The van der Waals surface area contributed by atoms with Gasteiger partial charge in [-0.2, -0.15) is 0 Å². The second-order valence-corrected chi connectivity index (χ2v) is 7.08. The van der Waals surface area contributed by atoms with Crippen molar-refractivity contribution in [1.82, 2.24) is 9.88 Å². The molecule has 2 heterocycles. The molecule has 1 aliphatic heterocycles. The number of phenolic OH excluding ortho intramolecular Hbond substituents is 1. The van der Waals surface area contributed by atoms with Gasteiger partial charge in [0.1, 0.15) is 6.61 Å². The monoisotopic (exact) mass is 420 g/mol. The SMILES string of the molecule is CN1C(=O)S/C(=C\c2cc(OCc3cccnc3)c(O)cc2Br)C1=O. The lowest BCUT2D eigenvalue weighted by molar-refractivity contribution is -0.121. The molecule has 0 radical (unpaired) electrons. The maximum Gasteiger partial charge on any atom is 0.293 e. The summed E-state index contributed by atoms with van der Waals surface area (Å²) in [6.07, 6.45) is 4.93. The van der Waals surface area contributed by atoms with Crippen LogP contribution in [-0.2, 0) is 11.4 Å². The van der Waals surface area contributed by atoms with Crippen molar-refractivity contribution in [2.45, 2.75) is 6.61 Å². The Labute approximate surface area is 156 Å². The molecule has 0 aliphatic carbocycles. The molecule has 1 aromatic heterocycles. The third kappa shape index (κ3) is 3.85. The number of aromatic hydroxyl groups is 1. The van der Waals surface area contributed by atoms with Crippen molar-refractivity contribution in [1.29, 1.82) is 0 Å². The normalized spacial score (nSPS) is 15.9. The van der Waals surface area contributed by atoms with Gasteiger partial charge in [0, 0.05) is 29.5 Å². The summed E-state index contributed by atoms with van der Waals surface area (Å²) in [5.41, 5.74) is 1.48. The summed E-state index contributed by atoms with van der Waals surface area (Å²) in [5.74, 6) is -0.113. The maximum absolute atomic E-state index is 12.0. The molecule has 1 N–H and O–H groups in total. The van der Waals surface area contributed by atoms with Crippen LogP contribution >= 0.6 is 27.7 Å². The zero-order chi connectivity index (χ0) is 18.0. The van der Waals surface area contributed by atoms with Crippen molar-refractivity contribution in [3.8, 4) is 11.5 Å². The number of ether oxygens (including phenoxy) is 1. The minimum Gasteiger partial charge on any atom is -0.504 e. The van der Waals surface area contributed by atoms with Crippen molar-refractivity contribution in [3.05, 3.63) is 57.2 Å². The predicted molar refractivity (Wildman–Crippen MR) is 98.1 cm³/mol. The highest BCUT2D eigenvalue weighted by Crippen LogP contribution is 2.37. The van der Waals surface area contributed by atoms with Gasteiger partial charge >= 0.3 is 0 Å². The molecule has 0 bridgehead atoms. The number of thioether (sulfide) groups is 1. The van der Waals surface area contributed by atoms with Crippen LogP contribution in [0.3, 0.4) is 0 Å². The average molecular weight is 421 g/mol.